The minimum absolute atomic E-state index is 0.0999. The first kappa shape index (κ1) is 12.3. The van der Waals surface area contributed by atoms with Gasteiger partial charge in [-0.25, -0.2) is 11.6 Å². The lowest BCUT2D eigenvalue weighted by Gasteiger charge is -1.96. The monoisotopic (exact) mass is 320 g/mol. The first-order valence-electron chi connectivity index (χ1n) is 2.83. The smallest absolute Gasteiger partial charge is 0.282 e. The molecule has 11 heavy (non-hydrogen) atoms. The van der Waals surface area contributed by atoms with Gasteiger partial charge in [-0.2, -0.15) is 0 Å². The molecule has 1 radical (unpaired) electrons. The van der Waals surface area contributed by atoms with Crippen molar-refractivity contribution in [1.29, 1.82) is 0 Å². The predicted molar refractivity (Wildman–Crippen MR) is 66.1 cm³/mol. The lowest BCUT2D eigenvalue weighted by atomic mass is 10.5. The highest BCUT2D eigenvalue weighted by Crippen LogP contribution is 2.22. The van der Waals surface area contributed by atoms with Crippen LogP contribution in [0.25, 0.3) is 0 Å². The van der Waals surface area contributed by atoms with Crippen molar-refractivity contribution in [1.82, 2.24) is 3.53 Å². The van der Waals surface area contributed by atoms with E-state index >= 15 is 0 Å². The third-order valence-corrected chi connectivity index (χ3v) is 4.53. The maximum atomic E-state index is 10.7. The Hall–Kier alpha value is 1.31. The molecule has 7 heteroatoms. The van der Waals surface area contributed by atoms with E-state index in [1.54, 1.807) is 33.1 Å². The van der Waals surface area contributed by atoms with Crippen LogP contribution in [0.15, 0.2) is 0 Å². The Balaban J connectivity index is 2.95. The summed E-state index contributed by atoms with van der Waals surface area (Å²) in [7, 11) is 3.38. The number of hydrogen-bond acceptors (Lipinski definition) is 4. The van der Waals surface area contributed by atoms with Gasteiger partial charge in [0.1, 0.15) is 0 Å². The van der Waals surface area contributed by atoms with Crippen LogP contribution in [-0.2, 0) is 4.79 Å². The van der Waals surface area contributed by atoms with Gasteiger partial charge in [0.15, 0.2) is 0 Å². The Morgan fingerprint density at radius 3 is 3.00 bits per heavy atom. The van der Waals surface area contributed by atoms with Gasteiger partial charge in [0.2, 0.25) is 5.91 Å². The molecule has 0 bridgehead atoms. The van der Waals surface area contributed by atoms with Crippen LogP contribution in [0.1, 0.15) is 6.42 Å². The van der Waals surface area contributed by atoms with Crippen LogP contribution in [0.3, 0.4) is 0 Å². The zero-order valence-electron chi connectivity index (χ0n) is 6.00. The maximum absolute atomic E-state index is 10.7. The van der Waals surface area contributed by atoms with Gasteiger partial charge in [-0.1, -0.05) is 0 Å². The maximum Gasteiger partial charge on any atom is 0.282 e. The molecule has 0 aliphatic heterocycles. The molecule has 0 saturated carbocycles. The summed E-state index contributed by atoms with van der Waals surface area (Å²) in [6.07, 6.45) is 2.62. The summed E-state index contributed by atoms with van der Waals surface area (Å²) in [6, 6.07) is 0. The fourth-order valence-corrected chi connectivity index (χ4v) is 3.21. The molecule has 0 aliphatic carbocycles. The van der Waals surface area contributed by atoms with E-state index in [9.17, 15) is 4.79 Å². The number of halogens is 1. The highest BCUT2D eigenvalue weighted by atomic mass is 127. The standard InChI is InChI=1S/C4H8BINOS3/c1-9-5-11-10-3-2-4(8)7-6/h2-3H2,1H3,(H,7,8). The van der Waals surface area contributed by atoms with E-state index < -0.39 is 0 Å². The molecule has 63 valence electrons. The predicted octanol–water partition coefficient (Wildman–Crippen LogP) is 2.12. The molecular weight excluding hydrogens is 312 g/mol. The second kappa shape index (κ2) is 9.40. The van der Waals surface area contributed by atoms with Crippen molar-refractivity contribution in [3.63, 3.8) is 0 Å². The van der Waals surface area contributed by atoms with E-state index in [1.165, 1.54) is 0 Å². The molecular formula is C4H8BINOS3. The van der Waals surface area contributed by atoms with Crippen molar-refractivity contribution in [3.05, 3.63) is 0 Å². The average molecular weight is 320 g/mol. The van der Waals surface area contributed by atoms with E-state index in [2.05, 4.69) is 3.53 Å². The van der Waals surface area contributed by atoms with Crippen molar-refractivity contribution in [2.45, 2.75) is 6.42 Å². The number of amides is 1. The van der Waals surface area contributed by atoms with Crippen LogP contribution in [0.5, 0.6) is 0 Å². The Labute approximate surface area is 93.7 Å². The van der Waals surface area contributed by atoms with Gasteiger partial charge >= 0.3 is 0 Å². The second-order valence-corrected chi connectivity index (χ2v) is 5.42. The van der Waals surface area contributed by atoms with E-state index in [0.717, 1.165) is 5.75 Å². The Kier molecular flexibility index (Phi) is 10.5. The summed E-state index contributed by atoms with van der Waals surface area (Å²) in [4.78, 5) is 10.7. The number of rotatable bonds is 6. The van der Waals surface area contributed by atoms with Crippen molar-refractivity contribution in [3.8, 4) is 0 Å². The molecule has 0 atom stereocenters. The second-order valence-electron chi connectivity index (χ2n) is 1.52. The van der Waals surface area contributed by atoms with Crippen LogP contribution < -0.4 is 3.53 Å². The van der Waals surface area contributed by atoms with Gasteiger partial charge in [-0.3, -0.25) is 8.32 Å². The highest BCUT2D eigenvalue weighted by molar-refractivity contribution is 14.1. The van der Waals surface area contributed by atoms with E-state index in [0.29, 0.717) is 6.42 Å². The molecule has 1 amide bonds. The van der Waals surface area contributed by atoms with E-state index in [4.69, 9.17) is 0 Å². The summed E-state index contributed by atoms with van der Waals surface area (Å²) >= 11 is 3.54. The van der Waals surface area contributed by atoms with Crippen molar-refractivity contribution < 1.29 is 4.79 Å². The average Bonchev–Trinajstić information content (AvgIpc) is 2.04. The molecule has 0 aliphatic rings. The van der Waals surface area contributed by atoms with Gasteiger partial charge < -0.3 is 0 Å². The van der Waals surface area contributed by atoms with Gasteiger partial charge in [0.05, 0.1) is 22.9 Å². The molecule has 0 aromatic carbocycles. The third kappa shape index (κ3) is 9.23. The molecule has 0 aromatic rings. The molecule has 2 nitrogen and oxygen atoms in total. The van der Waals surface area contributed by atoms with Crippen molar-refractivity contribution in [2.75, 3.05) is 12.0 Å². The fraction of sp³-hybridized carbons (Fsp3) is 0.750. The zero-order chi connectivity index (χ0) is 8.53. The molecule has 0 heterocycles. The minimum atomic E-state index is 0.0999. The lowest BCUT2D eigenvalue weighted by Crippen LogP contribution is -2.11. The molecule has 0 spiro atoms. The van der Waals surface area contributed by atoms with Crippen molar-refractivity contribution >= 4 is 67.7 Å². The quantitative estimate of drug-likeness (QED) is 0.267. The molecule has 1 N–H and O–H groups in total. The van der Waals surface area contributed by atoms with Gasteiger partial charge in [-0.15, -0.1) is 21.4 Å². The van der Waals surface area contributed by atoms with Gasteiger partial charge in [0, 0.05) is 12.2 Å². The van der Waals surface area contributed by atoms with Crippen LogP contribution in [0.4, 0.5) is 0 Å². The summed E-state index contributed by atoms with van der Waals surface area (Å²) in [5.41, 5.74) is 0. The number of nitrogens with one attached hydrogen (secondary N) is 1. The molecule has 0 fully saturated rings. The summed E-state index contributed by atoms with van der Waals surface area (Å²) in [5.74, 6) is 3.02. The van der Waals surface area contributed by atoms with E-state index in [1.807, 2.05) is 35.0 Å². The third-order valence-electron chi connectivity index (χ3n) is 0.721. The molecule has 0 rings (SSSR count). The largest absolute Gasteiger partial charge is 0.299 e. The van der Waals surface area contributed by atoms with Crippen LogP contribution in [-0.4, -0.2) is 23.8 Å². The van der Waals surface area contributed by atoms with E-state index in [-0.39, 0.29) is 5.91 Å². The molecule has 0 aromatic heterocycles. The first-order valence-corrected chi connectivity index (χ1v) is 7.58. The van der Waals surface area contributed by atoms with Crippen LogP contribution in [0, 0.1) is 0 Å². The summed E-state index contributed by atoms with van der Waals surface area (Å²) < 4.78 is 2.55. The normalized spacial score (nSPS) is 9.27. The van der Waals surface area contributed by atoms with Crippen LogP contribution >= 0.6 is 55.9 Å². The Morgan fingerprint density at radius 2 is 2.45 bits per heavy atom. The summed E-state index contributed by atoms with van der Waals surface area (Å²) in [6.45, 7) is 0. The lowest BCUT2D eigenvalue weighted by molar-refractivity contribution is -0.118. The first-order chi connectivity index (χ1) is 5.31. The van der Waals surface area contributed by atoms with Crippen LogP contribution in [0.2, 0.25) is 0 Å². The topological polar surface area (TPSA) is 29.1 Å². The zero-order valence-corrected chi connectivity index (χ0v) is 10.6. The van der Waals surface area contributed by atoms with Gasteiger partial charge in [0.25, 0.3) is 5.84 Å². The number of carbonyl (C=O) groups excluding carboxylic acids is 1. The van der Waals surface area contributed by atoms with Crippen molar-refractivity contribution in [2.24, 2.45) is 0 Å². The highest BCUT2D eigenvalue weighted by Gasteiger charge is 1.98. The Morgan fingerprint density at radius 1 is 1.73 bits per heavy atom. The fourth-order valence-electron chi connectivity index (χ4n) is 0.297. The number of hydrogen-bond donors (Lipinski definition) is 1. The molecule has 0 saturated heterocycles. The minimum Gasteiger partial charge on any atom is -0.299 e. The number of carbonyl (C=O) groups is 1. The molecule has 0 unspecified atom stereocenters. The van der Waals surface area contributed by atoms with Gasteiger partial charge in [-0.05, 0) is 6.26 Å². The summed E-state index contributed by atoms with van der Waals surface area (Å²) in [5, 5.41) is 0. The SMILES string of the molecule is CS[B]SSCCC(=O)NI. The Bertz CT molecular complexity index is 118.